The molecule has 8 heteroatoms. The second-order valence-electron chi connectivity index (χ2n) is 6.26. The van der Waals surface area contributed by atoms with Gasteiger partial charge in [-0.05, 0) is 54.4 Å². The molecule has 2 N–H and O–H groups in total. The largest absolute Gasteiger partial charge is 0.497 e. The topological polar surface area (TPSA) is 68.3 Å². The summed E-state index contributed by atoms with van der Waals surface area (Å²) < 4.78 is 27.5. The van der Waals surface area contributed by atoms with Crippen molar-refractivity contribution in [1.29, 1.82) is 0 Å². The fourth-order valence-electron chi connectivity index (χ4n) is 2.84. The molecule has 0 saturated heterocycles. The van der Waals surface area contributed by atoms with E-state index in [-0.39, 0.29) is 5.82 Å². The first kappa shape index (κ1) is 19.8. The molecule has 4 aromatic rings. The Morgan fingerprint density at radius 2 is 1.60 bits per heavy atom. The lowest BCUT2D eigenvalue weighted by molar-refractivity contribution is 0.405. The van der Waals surface area contributed by atoms with Crippen molar-refractivity contribution in [1.82, 2.24) is 9.97 Å². The third-order valence-electron chi connectivity index (χ3n) is 4.29. The maximum Gasteiger partial charge on any atom is 0.180 e. The van der Waals surface area contributed by atoms with E-state index in [1.165, 1.54) is 24.1 Å². The minimum Gasteiger partial charge on any atom is -0.497 e. The standard InChI is InChI=1S/C22H19FN4O2S/c1-28-15-10-11-20(29-2)19(13-15)26-21-22(25-18-9-4-3-8-17(18)24-21)27-30-16-7-5-6-14(23)12-16/h3-13H,1-2H3,(H,24,26)(H,25,27). The lowest BCUT2D eigenvalue weighted by atomic mass is 10.2. The zero-order valence-corrected chi connectivity index (χ0v) is 17.2. The van der Waals surface area contributed by atoms with Crippen LogP contribution < -0.4 is 19.5 Å². The molecule has 0 aliphatic rings. The van der Waals surface area contributed by atoms with Crippen LogP contribution in [-0.2, 0) is 0 Å². The number of benzene rings is 3. The smallest absolute Gasteiger partial charge is 0.180 e. The van der Waals surface area contributed by atoms with Crippen LogP contribution in [0.1, 0.15) is 0 Å². The van der Waals surface area contributed by atoms with Gasteiger partial charge in [0.2, 0.25) is 0 Å². The van der Waals surface area contributed by atoms with Crippen molar-refractivity contribution >= 4 is 40.3 Å². The summed E-state index contributed by atoms with van der Waals surface area (Å²) >= 11 is 1.25. The first-order chi connectivity index (χ1) is 14.7. The second-order valence-corrected chi connectivity index (χ2v) is 7.14. The average molecular weight is 422 g/mol. The highest BCUT2D eigenvalue weighted by molar-refractivity contribution is 8.00. The average Bonchev–Trinajstić information content (AvgIpc) is 2.77. The Balaban J connectivity index is 1.71. The first-order valence-corrected chi connectivity index (χ1v) is 9.92. The Kier molecular flexibility index (Phi) is 5.85. The summed E-state index contributed by atoms with van der Waals surface area (Å²) in [7, 11) is 3.20. The van der Waals surface area contributed by atoms with E-state index in [2.05, 4.69) is 15.0 Å². The van der Waals surface area contributed by atoms with Gasteiger partial charge in [-0.3, -0.25) is 0 Å². The van der Waals surface area contributed by atoms with Gasteiger partial charge in [0.05, 0.1) is 30.9 Å². The number of nitrogens with zero attached hydrogens (tertiary/aromatic N) is 2. The third-order valence-corrected chi connectivity index (χ3v) is 5.08. The van der Waals surface area contributed by atoms with Gasteiger partial charge in [0, 0.05) is 11.0 Å². The number of fused-ring (bicyclic) bond motifs is 1. The minimum absolute atomic E-state index is 0.300. The zero-order chi connectivity index (χ0) is 20.9. The van der Waals surface area contributed by atoms with Crippen LogP contribution in [0.3, 0.4) is 0 Å². The summed E-state index contributed by atoms with van der Waals surface area (Å²) in [6, 6.07) is 19.3. The minimum atomic E-state index is -0.300. The van der Waals surface area contributed by atoms with Crippen molar-refractivity contribution in [2.75, 3.05) is 24.3 Å². The van der Waals surface area contributed by atoms with E-state index in [1.54, 1.807) is 20.3 Å². The molecule has 0 bridgehead atoms. The van der Waals surface area contributed by atoms with Crippen LogP contribution in [0.15, 0.2) is 71.6 Å². The van der Waals surface area contributed by atoms with Crippen LogP contribution in [0.25, 0.3) is 11.0 Å². The molecule has 0 radical (unpaired) electrons. The van der Waals surface area contributed by atoms with Crippen molar-refractivity contribution in [2.45, 2.75) is 4.90 Å². The van der Waals surface area contributed by atoms with Gasteiger partial charge in [-0.25, -0.2) is 14.4 Å². The molecule has 152 valence electrons. The Morgan fingerprint density at radius 3 is 2.30 bits per heavy atom. The van der Waals surface area contributed by atoms with Gasteiger partial charge in [-0.15, -0.1) is 0 Å². The normalized spacial score (nSPS) is 10.6. The van der Waals surface area contributed by atoms with Crippen molar-refractivity contribution in [3.05, 3.63) is 72.5 Å². The summed E-state index contributed by atoms with van der Waals surface area (Å²) in [5.74, 6) is 2.02. The monoisotopic (exact) mass is 422 g/mol. The number of aromatic nitrogens is 2. The number of methoxy groups -OCH3 is 2. The van der Waals surface area contributed by atoms with E-state index in [9.17, 15) is 4.39 Å². The van der Waals surface area contributed by atoms with Crippen LogP contribution >= 0.6 is 11.9 Å². The highest BCUT2D eigenvalue weighted by Gasteiger charge is 2.13. The predicted molar refractivity (Wildman–Crippen MR) is 118 cm³/mol. The van der Waals surface area contributed by atoms with Crippen LogP contribution in [-0.4, -0.2) is 24.2 Å². The van der Waals surface area contributed by atoms with Gasteiger partial charge in [0.15, 0.2) is 11.6 Å². The van der Waals surface area contributed by atoms with Gasteiger partial charge in [-0.1, -0.05) is 18.2 Å². The van der Waals surface area contributed by atoms with Gasteiger partial charge in [-0.2, -0.15) is 0 Å². The molecule has 1 heterocycles. The zero-order valence-electron chi connectivity index (χ0n) is 16.3. The number of nitrogens with one attached hydrogen (secondary N) is 2. The maximum atomic E-state index is 13.5. The van der Waals surface area contributed by atoms with Crippen molar-refractivity contribution < 1.29 is 13.9 Å². The fourth-order valence-corrected chi connectivity index (χ4v) is 3.51. The number of hydrogen-bond acceptors (Lipinski definition) is 7. The summed E-state index contributed by atoms with van der Waals surface area (Å²) in [5, 5.41) is 3.28. The molecule has 1 aromatic heterocycles. The Hall–Kier alpha value is -3.52. The fraction of sp³-hybridized carbons (Fsp3) is 0.0909. The molecule has 0 spiro atoms. The lowest BCUT2D eigenvalue weighted by Crippen LogP contribution is -2.03. The lowest BCUT2D eigenvalue weighted by Gasteiger charge is -2.15. The summed E-state index contributed by atoms with van der Waals surface area (Å²) in [5.41, 5.74) is 2.16. The van der Waals surface area contributed by atoms with E-state index in [4.69, 9.17) is 14.5 Å². The number of hydrogen-bond donors (Lipinski definition) is 2. The van der Waals surface area contributed by atoms with Crippen LogP contribution in [0.2, 0.25) is 0 Å². The number of halogens is 1. The number of para-hydroxylation sites is 2. The molecule has 0 fully saturated rings. The molecule has 0 aliphatic carbocycles. The molecular formula is C22H19FN4O2S. The van der Waals surface area contributed by atoms with Gasteiger partial charge in [0.25, 0.3) is 0 Å². The SMILES string of the molecule is COc1ccc(OC)c(Nc2nc3ccccc3nc2NSc2cccc(F)c2)c1. The number of anilines is 3. The molecular weight excluding hydrogens is 403 g/mol. The quantitative estimate of drug-likeness (QED) is 0.373. The van der Waals surface area contributed by atoms with E-state index in [0.717, 1.165) is 15.9 Å². The predicted octanol–water partition coefficient (Wildman–Crippen LogP) is 5.65. The molecule has 0 unspecified atom stereocenters. The molecule has 0 saturated carbocycles. The second kappa shape index (κ2) is 8.87. The van der Waals surface area contributed by atoms with E-state index in [0.29, 0.717) is 28.8 Å². The van der Waals surface area contributed by atoms with Gasteiger partial charge < -0.3 is 19.5 Å². The van der Waals surface area contributed by atoms with Gasteiger partial charge >= 0.3 is 0 Å². The summed E-state index contributed by atoms with van der Waals surface area (Å²) in [6.45, 7) is 0. The van der Waals surface area contributed by atoms with E-state index >= 15 is 0 Å². The van der Waals surface area contributed by atoms with E-state index < -0.39 is 0 Å². The van der Waals surface area contributed by atoms with Crippen LogP contribution in [0.4, 0.5) is 21.7 Å². The van der Waals surface area contributed by atoms with Crippen molar-refractivity contribution in [3.63, 3.8) is 0 Å². The Bertz CT molecular complexity index is 1190. The van der Waals surface area contributed by atoms with Crippen LogP contribution in [0, 0.1) is 5.82 Å². The van der Waals surface area contributed by atoms with Crippen molar-refractivity contribution in [3.8, 4) is 11.5 Å². The summed E-state index contributed by atoms with van der Waals surface area (Å²) in [4.78, 5) is 10.1. The molecule has 0 atom stereocenters. The molecule has 30 heavy (non-hydrogen) atoms. The third kappa shape index (κ3) is 4.38. The van der Waals surface area contributed by atoms with Gasteiger partial charge in [0.1, 0.15) is 17.3 Å². The molecule has 0 aliphatic heterocycles. The highest BCUT2D eigenvalue weighted by Crippen LogP contribution is 2.34. The first-order valence-electron chi connectivity index (χ1n) is 9.10. The maximum absolute atomic E-state index is 13.5. The van der Waals surface area contributed by atoms with Crippen LogP contribution in [0.5, 0.6) is 11.5 Å². The van der Waals surface area contributed by atoms with Crippen molar-refractivity contribution in [2.24, 2.45) is 0 Å². The number of ether oxygens (including phenoxy) is 2. The molecule has 4 rings (SSSR count). The highest BCUT2D eigenvalue weighted by atomic mass is 32.2. The molecule has 0 amide bonds. The number of rotatable bonds is 7. The summed E-state index contributed by atoms with van der Waals surface area (Å²) in [6.07, 6.45) is 0. The Labute approximate surface area is 177 Å². The Morgan fingerprint density at radius 1 is 0.833 bits per heavy atom. The van der Waals surface area contributed by atoms with E-state index in [1.807, 2.05) is 48.5 Å². The molecule has 3 aromatic carbocycles. The molecule has 6 nitrogen and oxygen atoms in total.